The molecular formula is C15H22N5O6S+. The summed E-state index contributed by atoms with van der Waals surface area (Å²) < 4.78 is 31.6. The lowest BCUT2D eigenvalue weighted by Gasteiger charge is -2.34. The molecule has 3 aliphatic rings. The summed E-state index contributed by atoms with van der Waals surface area (Å²) in [4.78, 5) is 40.2. The Morgan fingerprint density at radius 3 is 2.70 bits per heavy atom. The maximum absolute atomic E-state index is 12.7. The molecular weight excluding hydrogens is 378 g/mol. The number of amides is 2. The SMILES string of the molecule is C[C@]1(N=CC=[N+](N)CC(=O)N2CCOCC2)[C@H](C=O)N2C(=O)CC2S1(=O)=O. The van der Waals surface area contributed by atoms with Gasteiger partial charge in [-0.2, -0.15) is 0 Å². The summed E-state index contributed by atoms with van der Waals surface area (Å²) in [7, 11) is -3.85. The van der Waals surface area contributed by atoms with E-state index in [9.17, 15) is 22.8 Å². The van der Waals surface area contributed by atoms with Gasteiger partial charge in [-0.1, -0.05) is 0 Å². The molecule has 2 amide bonds. The number of sulfone groups is 1. The number of nitrogens with zero attached hydrogens (tertiary/aromatic N) is 4. The van der Waals surface area contributed by atoms with Gasteiger partial charge in [-0.15, -0.1) is 4.68 Å². The van der Waals surface area contributed by atoms with Gasteiger partial charge in [-0.25, -0.2) is 14.3 Å². The second-order valence-electron chi connectivity index (χ2n) is 6.73. The largest absolute Gasteiger partial charge is 0.378 e. The van der Waals surface area contributed by atoms with Gasteiger partial charge in [0.1, 0.15) is 17.7 Å². The van der Waals surface area contributed by atoms with Gasteiger partial charge in [-0.05, 0) is 6.92 Å². The number of aldehydes is 1. The van der Waals surface area contributed by atoms with Crippen LogP contribution in [0.25, 0.3) is 0 Å². The van der Waals surface area contributed by atoms with E-state index in [4.69, 9.17) is 10.6 Å². The van der Waals surface area contributed by atoms with Crippen molar-refractivity contribution in [3.8, 4) is 0 Å². The Morgan fingerprint density at radius 2 is 2.11 bits per heavy atom. The van der Waals surface area contributed by atoms with Crippen LogP contribution in [0.15, 0.2) is 4.99 Å². The highest BCUT2D eigenvalue weighted by Gasteiger charge is 2.67. The highest BCUT2D eigenvalue weighted by Crippen LogP contribution is 2.45. The summed E-state index contributed by atoms with van der Waals surface area (Å²) in [6.07, 6.45) is 2.70. The Morgan fingerprint density at radius 1 is 1.44 bits per heavy atom. The Labute approximate surface area is 156 Å². The van der Waals surface area contributed by atoms with E-state index in [1.165, 1.54) is 13.1 Å². The molecule has 3 aliphatic heterocycles. The van der Waals surface area contributed by atoms with E-state index in [1.54, 1.807) is 4.90 Å². The highest BCUT2D eigenvalue weighted by molar-refractivity contribution is 7.93. The van der Waals surface area contributed by atoms with Gasteiger partial charge in [0.15, 0.2) is 14.7 Å². The summed E-state index contributed by atoms with van der Waals surface area (Å²) in [6, 6.07) is -1.18. The normalized spacial score (nSPS) is 33.1. The van der Waals surface area contributed by atoms with E-state index in [0.717, 1.165) is 15.8 Å². The number of hydrogen-bond donors (Lipinski definition) is 1. The first-order chi connectivity index (χ1) is 12.7. The van der Waals surface area contributed by atoms with Crippen molar-refractivity contribution >= 4 is 40.4 Å². The van der Waals surface area contributed by atoms with Gasteiger partial charge in [0.05, 0.1) is 25.8 Å². The van der Waals surface area contributed by atoms with Crippen molar-refractivity contribution < 1.29 is 32.2 Å². The first kappa shape index (κ1) is 19.4. The van der Waals surface area contributed by atoms with Gasteiger partial charge >= 0.3 is 0 Å². The summed E-state index contributed by atoms with van der Waals surface area (Å²) in [5, 5.41) is -1.01. The van der Waals surface area contributed by atoms with Gasteiger partial charge < -0.3 is 19.3 Å². The van der Waals surface area contributed by atoms with Crippen molar-refractivity contribution in [2.75, 3.05) is 32.8 Å². The number of aliphatic imine (C=N–C) groups is 1. The molecule has 0 aromatic rings. The van der Waals surface area contributed by atoms with E-state index in [0.29, 0.717) is 32.6 Å². The van der Waals surface area contributed by atoms with Crippen molar-refractivity contribution in [1.29, 1.82) is 0 Å². The molecule has 3 heterocycles. The number of nitrogens with two attached hydrogens (primary N) is 1. The molecule has 0 spiro atoms. The summed E-state index contributed by atoms with van der Waals surface area (Å²) in [5.41, 5.74) is 0. The third kappa shape index (κ3) is 3.12. The Hall–Kier alpha value is -2.34. The molecule has 148 valence electrons. The zero-order valence-corrected chi connectivity index (χ0v) is 15.7. The van der Waals surface area contributed by atoms with E-state index in [1.807, 2.05) is 0 Å². The van der Waals surface area contributed by atoms with Gasteiger partial charge in [-0.3, -0.25) is 14.6 Å². The molecule has 0 aromatic carbocycles. The summed E-state index contributed by atoms with van der Waals surface area (Å²) in [5.74, 6) is 5.18. The second-order valence-corrected chi connectivity index (χ2v) is 9.19. The average molecular weight is 400 g/mol. The third-order valence-electron chi connectivity index (χ3n) is 5.13. The molecule has 0 bridgehead atoms. The summed E-state index contributed by atoms with van der Waals surface area (Å²) >= 11 is 0. The van der Waals surface area contributed by atoms with Crippen LogP contribution in [0.3, 0.4) is 0 Å². The molecule has 0 radical (unpaired) electrons. The van der Waals surface area contributed by atoms with E-state index in [2.05, 4.69) is 4.99 Å². The van der Waals surface area contributed by atoms with Gasteiger partial charge in [0.25, 0.3) is 5.91 Å². The zero-order valence-electron chi connectivity index (χ0n) is 14.9. The molecule has 12 heteroatoms. The molecule has 3 fully saturated rings. The fourth-order valence-electron chi connectivity index (χ4n) is 3.43. The average Bonchev–Trinajstić information content (AvgIpc) is 2.76. The molecule has 2 N–H and O–H groups in total. The molecule has 0 aromatic heterocycles. The van der Waals surface area contributed by atoms with Crippen molar-refractivity contribution in [2.24, 2.45) is 10.8 Å². The maximum Gasteiger partial charge on any atom is 0.291 e. The minimum Gasteiger partial charge on any atom is -0.378 e. The minimum atomic E-state index is -3.85. The van der Waals surface area contributed by atoms with Crippen LogP contribution < -0.4 is 5.84 Å². The summed E-state index contributed by atoms with van der Waals surface area (Å²) in [6.45, 7) is 3.12. The molecule has 3 saturated heterocycles. The first-order valence-electron chi connectivity index (χ1n) is 8.48. The van der Waals surface area contributed by atoms with Crippen LogP contribution in [0.4, 0.5) is 0 Å². The fourth-order valence-corrected chi connectivity index (χ4v) is 5.60. The van der Waals surface area contributed by atoms with Crippen LogP contribution in [0.1, 0.15) is 13.3 Å². The number of carbonyl (C=O) groups excluding carboxylic acids is 3. The van der Waals surface area contributed by atoms with Crippen molar-refractivity contribution in [1.82, 2.24) is 9.80 Å². The quantitative estimate of drug-likeness (QED) is 0.131. The van der Waals surface area contributed by atoms with Crippen LogP contribution in [-0.4, -0.2) is 103 Å². The number of morpholine rings is 1. The molecule has 3 atom stereocenters. The zero-order chi connectivity index (χ0) is 19.8. The standard InChI is InChI=1S/C15H22N5O6S/c1-15(11(10-21)20-12(22)8-14(20)27(15,24)25)17-2-3-19(16)9-13(23)18-4-6-26-7-5-18/h2-3,10-11,14H,4-9,16H2,1H3/q+1/t11-,14?,15+/m0/s1. The van der Waals surface area contributed by atoms with E-state index in [-0.39, 0.29) is 24.8 Å². The lowest BCUT2D eigenvalue weighted by atomic mass is 10.1. The molecule has 0 saturated carbocycles. The van der Waals surface area contributed by atoms with Crippen molar-refractivity contribution in [3.63, 3.8) is 0 Å². The number of rotatable bonds is 5. The number of hydrazine groups is 1. The number of hydrazone groups is 1. The van der Waals surface area contributed by atoms with Gasteiger partial charge in [0, 0.05) is 13.1 Å². The van der Waals surface area contributed by atoms with E-state index < -0.39 is 26.1 Å². The first-order valence-corrected chi connectivity index (χ1v) is 10.0. The molecule has 1 unspecified atom stereocenters. The van der Waals surface area contributed by atoms with Crippen molar-refractivity contribution in [2.45, 2.75) is 29.6 Å². The van der Waals surface area contributed by atoms with Crippen LogP contribution in [0.5, 0.6) is 0 Å². The minimum absolute atomic E-state index is 0.111. The Balaban J connectivity index is 1.72. The fraction of sp³-hybridized carbons (Fsp3) is 0.667. The van der Waals surface area contributed by atoms with Crippen LogP contribution in [0, 0.1) is 0 Å². The van der Waals surface area contributed by atoms with Crippen LogP contribution >= 0.6 is 0 Å². The lowest BCUT2D eigenvalue weighted by Crippen LogP contribution is -2.55. The van der Waals surface area contributed by atoms with E-state index >= 15 is 0 Å². The third-order valence-corrected chi connectivity index (χ3v) is 7.74. The molecule has 27 heavy (non-hydrogen) atoms. The topological polar surface area (TPSA) is 142 Å². The van der Waals surface area contributed by atoms with Gasteiger partial charge in [0.2, 0.25) is 18.7 Å². The second kappa shape index (κ2) is 7.00. The number of ether oxygens (including phenoxy) is 1. The predicted molar refractivity (Wildman–Crippen MR) is 93.7 cm³/mol. The molecule has 0 aliphatic carbocycles. The van der Waals surface area contributed by atoms with Crippen molar-refractivity contribution in [3.05, 3.63) is 0 Å². The number of fused-ring (bicyclic) bond motifs is 1. The number of hydrogen-bond acceptors (Lipinski definition) is 8. The number of β-lactam (4-membered cyclic amide) rings is 1. The van der Waals surface area contributed by atoms with Crippen LogP contribution in [-0.2, 0) is 29.0 Å². The lowest BCUT2D eigenvalue weighted by molar-refractivity contribution is -0.523. The maximum atomic E-state index is 12.7. The van der Waals surface area contributed by atoms with Crippen LogP contribution in [0.2, 0.25) is 0 Å². The number of carbonyl (C=O) groups is 3. The Bertz CT molecular complexity index is 819. The monoisotopic (exact) mass is 400 g/mol. The smallest absolute Gasteiger partial charge is 0.291 e. The highest BCUT2D eigenvalue weighted by atomic mass is 32.2. The molecule has 3 rings (SSSR count). The Kier molecular flexibility index (Phi) is 5.04. The molecule has 11 nitrogen and oxygen atoms in total. The predicted octanol–water partition coefficient (Wildman–Crippen LogP) is -2.86.